The molecule has 0 aromatic carbocycles. The summed E-state index contributed by atoms with van der Waals surface area (Å²) in [5, 5.41) is 0. The quantitative estimate of drug-likeness (QED) is 0.597. The molecule has 0 spiro atoms. The van der Waals surface area contributed by atoms with Crippen LogP contribution < -0.4 is 0 Å². The third-order valence-corrected chi connectivity index (χ3v) is 5.58. The van der Waals surface area contributed by atoms with Crippen molar-refractivity contribution in [2.24, 2.45) is 23.8 Å². The number of carbonyl (C=O) groups is 2. The third-order valence-electron chi connectivity index (χ3n) is 5.06. The number of aryl methyl sites for hydroxylation is 1. The minimum absolute atomic E-state index is 0.0315. The Balaban J connectivity index is 2.33. The second-order valence-electron chi connectivity index (χ2n) is 6.79. The van der Waals surface area contributed by atoms with Gasteiger partial charge in [0.2, 0.25) is 5.78 Å². The van der Waals surface area contributed by atoms with Gasteiger partial charge >= 0.3 is 0 Å². The summed E-state index contributed by atoms with van der Waals surface area (Å²) in [5.74, 6) is -0.671. The van der Waals surface area contributed by atoms with Crippen LogP contribution in [0.25, 0.3) is 0 Å². The lowest BCUT2D eigenvalue weighted by atomic mass is 10.0. The van der Waals surface area contributed by atoms with E-state index >= 15 is 0 Å². The molecule has 1 aromatic heterocycles. The monoisotopic (exact) mass is 349 g/mol. The molecule has 0 atom stereocenters. The molecule has 1 saturated carbocycles. The Labute approximate surface area is 139 Å². The van der Waals surface area contributed by atoms with Crippen LogP contribution in [0.1, 0.15) is 48.5 Å². The maximum absolute atomic E-state index is 12.7. The highest BCUT2D eigenvalue weighted by Gasteiger charge is 2.67. The number of nitrogens with zero attached hydrogens (tertiary/aromatic N) is 1. The molecule has 0 unspecified atom stereocenters. The summed E-state index contributed by atoms with van der Waals surface area (Å²) in [6, 6.07) is 1.51. The molecule has 3 nitrogen and oxygen atoms in total. The van der Waals surface area contributed by atoms with Gasteiger partial charge in [0.25, 0.3) is 3.79 Å². The number of hydrogen-bond acceptors (Lipinski definition) is 2. The van der Waals surface area contributed by atoms with Gasteiger partial charge in [-0.1, -0.05) is 62.5 Å². The molecule has 1 aliphatic rings. The van der Waals surface area contributed by atoms with E-state index in [9.17, 15) is 9.59 Å². The third kappa shape index (κ3) is 2.54. The molecular weight excluding hydrogens is 333 g/mol. The molecule has 0 saturated heterocycles. The zero-order valence-corrected chi connectivity index (χ0v) is 14.9. The number of halogens is 3. The van der Waals surface area contributed by atoms with E-state index in [4.69, 9.17) is 34.8 Å². The molecule has 0 bridgehead atoms. The van der Waals surface area contributed by atoms with Crippen molar-refractivity contribution < 1.29 is 9.59 Å². The van der Waals surface area contributed by atoms with Crippen LogP contribution in [0.15, 0.2) is 12.3 Å². The smallest absolute Gasteiger partial charge is 0.255 e. The van der Waals surface area contributed by atoms with Crippen molar-refractivity contribution in [3.63, 3.8) is 0 Å². The summed E-state index contributed by atoms with van der Waals surface area (Å²) in [6.45, 7) is 8.30. The molecule has 1 aliphatic carbocycles. The fourth-order valence-electron chi connectivity index (χ4n) is 3.09. The van der Waals surface area contributed by atoms with Crippen molar-refractivity contribution in [3.8, 4) is 0 Å². The predicted octanol–water partition coefficient (Wildman–Crippen LogP) is 4.44. The summed E-state index contributed by atoms with van der Waals surface area (Å²) in [7, 11) is 1.66. The topological polar surface area (TPSA) is 39.1 Å². The molecule has 116 valence electrons. The van der Waals surface area contributed by atoms with Crippen LogP contribution in [0.4, 0.5) is 0 Å². The lowest BCUT2D eigenvalue weighted by Crippen LogP contribution is -2.21. The van der Waals surface area contributed by atoms with E-state index in [1.54, 1.807) is 13.2 Å². The number of rotatable bonds is 3. The van der Waals surface area contributed by atoms with Crippen LogP contribution in [0, 0.1) is 16.7 Å². The minimum Gasteiger partial charge on any atom is -0.347 e. The number of carbonyl (C=O) groups excluding carboxylic acids is 2. The molecule has 6 heteroatoms. The molecule has 1 heterocycles. The Kier molecular flexibility index (Phi) is 3.80. The lowest BCUT2D eigenvalue weighted by molar-refractivity contribution is 0.0944. The molecule has 21 heavy (non-hydrogen) atoms. The highest BCUT2D eigenvalue weighted by atomic mass is 35.6. The molecule has 0 radical (unpaired) electrons. The van der Waals surface area contributed by atoms with Crippen LogP contribution in [0.3, 0.4) is 0 Å². The molecule has 0 amide bonds. The van der Waals surface area contributed by atoms with Gasteiger partial charge in [-0.2, -0.15) is 0 Å². The summed E-state index contributed by atoms with van der Waals surface area (Å²) < 4.78 is -0.496. The Morgan fingerprint density at radius 1 is 1.14 bits per heavy atom. The van der Waals surface area contributed by atoms with Crippen LogP contribution >= 0.6 is 34.8 Å². The Morgan fingerprint density at radius 2 is 1.62 bits per heavy atom. The molecule has 1 aromatic rings. The normalized spacial score (nSPS) is 20.4. The van der Waals surface area contributed by atoms with E-state index in [1.165, 1.54) is 10.6 Å². The minimum atomic E-state index is -2.02. The first-order valence-corrected chi connectivity index (χ1v) is 7.77. The number of ketones is 2. The standard InChI is InChI=1S/C15H18Cl3NO2/c1-13(2)11(14(13,3)4)10(20)8-6-9(19(5)7-8)12(21)15(16,17)18/h6-7,11H,1-5H3. The van der Waals surface area contributed by atoms with Gasteiger partial charge in [-0.3, -0.25) is 9.59 Å². The van der Waals surface area contributed by atoms with Crippen molar-refractivity contribution in [2.45, 2.75) is 31.5 Å². The van der Waals surface area contributed by atoms with E-state index in [0.29, 0.717) is 5.56 Å². The molecule has 0 aliphatic heterocycles. The molecule has 0 N–H and O–H groups in total. The maximum Gasteiger partial charge on any atom is 0.255 e. The van der Waals surface area contributed by atoms with E-state index in [1.807, 2.05) is 0 Å². The zero-order valence-electron chi connectivity index (χ0n) is 12.6. The number of aromatic nitrogens is 1. The summed E-state index contributed by atoms with van der Waals surface area (Å²) in [5.41, 5.74) is 0.590. The van der Waals surface area contributed by atoms with Gasteiger partial charge in [-0.05, 0) is 16.9 Å². The first-order chi connectivity index (χ1) is 9.31. The highest BCUT2D eigenvalue weighted by Crippen LogP contribution is 2.69. The summed E-state index contributed by atoms with van der Waals surface area (Å²) in [6.07, 6.45) is 1.62. The van der Waals surface area contributed by atoms with Crippen molar-refractivity contribution in [2.75, 3.05) is 0 Å². The average molecular weight is 351 g/mol. The van der Waals surface area contributed by atoms with Crippen LogP contribution in [0.2, 0.25) is 0 Å². The van der Waals surface area contributed by atoms with Gasteiger partial charge in [0.15, 0.2) is 5.78 Å². The van der Waals surface area contributed by atoms with Crippen LogP contribution in [-0.2, 0) is 7.05 Å². The van der Waals surface area contributed by atoms with E-state index in [2.05, 4.69) is 27.7 Å². The van der Waals surface area contributed by atoms with Gasteiger partial charge in [0.1, 0.15) is 0 Å². The van der Waals surface area contributed by atoms with E-state index < -0.39 is 9.58 Å². The van der Waals surface area contributed by atoms with Crippen LogP contribution in [-0.4, -0.2) is 19.9 Å². The number of hydrogen-bond donors (Lipinski definition) is 0. The Morgan fingerprint density at radius 3 is 2.00 bits per heavy atom. The lowest BCUT2D eigenvalue weighted by Gasteiger charge is -2.09. The SMILES string of the molecule is Cn1cc(C(=O)C2C(C)(C)C2(C)C)cc1C(=O)C(Cl)(Cl)Cl. The van der Waals surface area contributed by atoms with Crippen molar-refractivity contribution in [3.05, 3.63) is 23.5 Å². The van der Waals surface area contributed by atoms with Crippen molar-refractivity contribution in [1.82, 2.24) is 4.57 Å². The van der Waals surface area contributed by atoms with Crippen LogP contribution in [0.5, 0.6) is 0 Å². The van der Waals surface area contributed by atoms with Crippen molar-refractivity contribution in [1.29, 1.82) is 0 Å². The van der Waals surface area contributed by atoms with Gasteiger partial charge in [0, 0.05) is 24.7 Å². The molecular formula is C15H18Cl3NO2. The van der Waals surface area contributed by atoms with E-state index in [0.717, 1.165) is 0 Å². The maximum atomic E-state index is 12.7. The van der Waals surface area contributed by atoms with E-state index in [-0.39, 0.29) is 28.2 Å². The van der Waals surface area contributed by atoms with Gasteiger partial charge < -0.3 is 4.57 Å². The first-order valence-electron chi connectivity index (χ1n) is 6.64. The summed E-state index contributed by atoms with van der Waals surface area (Å²) in [4.78, 5) is 24.7. The highest BCUT2D eigenvalue weighted by molar-refractivity contribution is 6.77. The first kappa shape index (κ1) is 16.9. The largest absolute Gasteiger partial charge is 0.347 e. The number of alkyl halides is 3. The van der Waals surface area contributed by atoms with Crippen molar-refractivity contribution >= 4 is 46.4 Å². The fourth-order valence-corrected chi connectivity index (χ4v) is 3.38. The van der Waals surface area contributed by atoms with Gasteiger partial charge in [-0.15, -0.1) is 0 Å². The van der Waals surface area contributed by atoms with Gasteiger partial charge in [0.05, 0.1) is 5.69 Å². The van der Waals surface area contributed by atoms with Gasteiger partial charge in [-0.25, -0.2) is 0 Å². The Hall–Kier alpha value is -0.510. The molecule has 1 fully saturated rings. The zero-order chi connectivity index (χ0) is 16.4. The number of Topliss-reactive ketones (excluding diaryl/α,β-unsaturated/α-hetero) is 2. The summed E-state index contributed by atoms with van der Waals surface area (Å²) >= 11 is 16.9. The fraction of sp³-hybridized carbons (Fsp3) is 0.600. The second kappa shape index (κ2) is 4.74. The Bertz CT molecular complexity index is 609. The molecule has 2 rings (SSSR count). The predicted molar refractivity (Wildman–Crippen MR) is 85.4 cm³/mol. The second-order valence-corrected chi connectivity index (χ2v) is 9.07. The average Bonchev–Trinajstić information content (AvgIpc) is 2.59.